The number of benzene rings is 1. The number of rotatable bonds is 3. The molecule has 106 valence electrons. The van der Waals surface area contributed by atoms with Crippen molar-refractivity contribution in [3.8, 4) is 0 Å². The Balaban J connectivity index is 1.74. The second-order valence-electron chi connectivity index (χ2n) is 4.87. The smallest absolute Gasteiger partial charge is 0.253 e. The molecule has 0 radical (unpaired) electrons. The summed E-state index contributed by atoms with van der Waals surface area (Å²) in [5, 5.41) is 3.28. The van der Waals surface area contributed by atoms with Gasteiger partial charge in [0.15, 0.2) is 0 Å². The topological polar surface area (TPSA) is 46.4 Å². The molecule has 1 N–H and O–H groups in total. The first-order valence-corrected chi connectivity index (χ1v) is 6.98. The van der Waals surface area contributed by atoms with Crippen LogP contribution in [0.25, 0.3) is 5.65 Å². The highest BCUT2D eigenvalue weighted by Gasteiger charge is 2.10. The zero-order chi connectivity index (χ0) is 14.8. The maximum Gasteiger partial charge on any atom is 0.253 e. The van der Waals surface area contributed by atoms with Gasteiger partial charge in [0.25, 0.3) is 5.91 Å². The van der Waals surface area contributed by atoms with Crippen molar-refractivity contribution in [2.75, 3.05) is 0 Å². The summed E-state index contributed by atoms with van der Waals surface area (Å²) in [6.07, 6.45) is 3.91. The number of hydrogen-bond donors (Lipinski definition) is 1. The lowest BCUT2D eigenvalue weighted by Gasteiger charge is -2.04. The highest BCUT2D eigenvalue weighted by Crippen LogP contribution is 2.14. The van der Waals surface area contributed by atoms with Crippen LogP contribution >= 0.6 is 11.6 Å². The normalized spacial score (nSPS) is 10.8. The minimum Gasteiger partial charge on any atom is -0.346 e. The summed E-state index contributed by atoms with van der Waals surface area (Å²) in [6.45, 7) is 2.39. The molecule has 1 aromatic carbocycles. The third kappa shape index (κ3) is 2.90. The van der Waals surface area contributed by atoms with Crippen LogP contribution in [-0.4, -0.2) is 15.3 Å². The standard InChI is InChI=1S/C16H14ClN3O/c1-11-6-7-15-19-12(10-20(15)9-11)8-18-16(21)13-4-2-3-5-14(13)17/h2-7,9-10H,8H2,1H3,(H,18,21). The molecule has 21 heavy (non-hydrogen) atoms. The number of aryl methyl sites for hydroxylation is 1. The summed E-state index contributed by atoms with van der Waals surface area (Å²) in [5.41, 5.74) is 3.30. The Hall–Kier alpha value is -2.33. The number of pyridine rings is 1. The Morgan fingerprint density at radius 2 is 2.05 bits per heavy atom. The van der Waals surface area contributed by atoms with Gasteiger partial charge in [-0.05, 0) is 30.7 Å². The summed E-state index contributed by atoms with van der Waals surface area (Å²) < 4.78 is 1.95. The van der Waals surface area contributed by atoms with E-state index in [0.717, 1.165) is 16.9 Å². The molecule has 1 amide bonds. The number of hydrogen-bond acceptors (Lipinski definition) is 2. The van der Waals surface area contributed by atoms with E-state index >= 15 is 0 Å². The molecular formula is C16H14ClN3O. The molecule has 0 atom stereocenters. The molecule has 2 heterocycles. The number of nitrogens with one attached hydrogen (secondary N) is 1. The number of halogens is 1. The van der Waals surface area contributed by atoms with E-state index in [1.165, 1.54) is 0 Å². The number of aromatic nitrogens is 2. The van der Waals surface area contributed by atoms with Gasteiger partial charge in [-0.2, -0.15) is 0 Å². The number of carbonyl (C=O) groups excluding carboxylic acids is 1. The van der Waals surface area contributed by atoms with Gasteiger partial charge in [-0.1, -0.05) is 29.8 Å². The fourth-order valence-corrected chi connectivity index (χ4v) is 2.37. The van der Waals surface area contributed by atoms with E-state index in [9.17, 15) is 4.79 Å². The van der Waals surface area contributed by atoms with Crippen LogP contribution in [0.4, 0.5) is 0 Å². The first-order chi connectivity index (χ1) is 10.1. The van der Waals surface area contributed by atoms with Gasteiger partial charge in [0.2, 0.25) is 0 Å². The molecule has 2 aromatic heterocycles. The van der Waals surface area contributed by atoms with Crippen LogP contribution in [0.3, 0.4) is 0 Å². The Kier molecular flexibility index (Phi) is 3.62. The van der Waals surface area contributed by atoms with E-state index < -0.39 is 0 Å². The molecule has 0 spiro atoms. The molecule has 5 heteroatoms. The highest BCUT2D eigenvalue weighted by atomic mass is 35.5. The Morgan fingerprint density at radius 3 is 2.86 bits per heavy atom. The van der Waals surface area contributed by atoms with Gasteiger partial charge < -0.3 is 9.72 Å². The Morgan fingerprint density at radius 1 is 1.24 bits per heavy atom. The molecule has 0 fully saturated rings. The van der Waals surface area contributed by atoms with Crippen LogP contribution in [0.1, 0.15) is 21.6 Å². The van der Waals surface area contributed by atoms with Gasteiger partial charge in [0.05, 0.1) is 22.8 Å². The first-order valence-electron chi connectivity index (χ1n) is 6.60. The van der Waals surface area contributed by atoms with Gasteiger partial charge in [-0.15, -0.1) is 0 Å². The van der Waals surface area contributed by atoms with Crippen molar-refractivity contribution in [3.63, 3.8) is 0 Å². The van der Waals surface area contributed by atoms with Crippen LogP contribution < -0.4 is 5.32 Å². The molecule has 4 nitrogen and oxygen atoms in total. The van der Waals surface area contributed by atoms with Gasteiger partial charge >= 0.3 is 0 Å². The Labute approximate surface area is 127 Å². The number of imidazole rings is 1. The lowest BCUT2D eigenvalue weighted by molar-refractivity contribution is 0.0950. The van der Waals surface area contributed by atoms with Gasteiger partial charge in [0, 0.05) is 12.4 Å². The molecule has 3 aromatic rings. The van der Waals surface area contributed by atoms with Crippen LogP contribution in [0.2, 0.25) is 5.02 Å². The lowest BCUT2D eigenvalue weighted by Crippen LogP contribution is -2.23. The van der Waals surface area contributed by atoms with Crippen molar-refractivity contribution in [1.29, 1.82) is 0 Å². The largest absolute Gasteiger partial charge is 0.346 e. The van der Waals surface area contributed by atoms with Crippen LogP contribution in [0.15, 0.2) is 48.8 Å². The van der Waals surface area contributed by atoms with E-state index in [-0.39, 0.29) is 5.91 Å². The summed E-state index contributed by atoms with van der Waals surface area (Å²) in [7, 11) is 0. The summed E-state index contributed by atoms with van der Waals surface area (Å²) in [5.74, 6) is -0.200. The molecular weight excluding hydrogens is 286 g/mol. The van der Waals surface area contributed by atoms with Crippen LogP contribution in [0.5, 0.6) is 0 Å². The SMILES string of the molecule is Cc1ccc2nc(CNC(=O)c3ccccc3Cl)cn2c1. The summed E-state index contributed by atoms with van der Waals surface area (Å²) in [4.78, 5) is 16.5. The number of nitrogens with zero attached hydrogens (tertiary/aromatic N) is 2. The molecule has 0 unspecified atom stereocenters. The molecule has 0 aliphatic rings. The van der Waals surface area contributed by atoms with E-state index in [1.807, 2.05) is 35.9 Å². The predicted molar refractivity (Wildman–Crippen MR) is 82.6 cm³/mol. The number of carbonyl (C=O) groups is 1. The minimum atomic E-state index is -0.200. The zero-order valence-corrected chi connectivity index (χ0v) is 12.3. The number of fused-ring (bicyclic) bond motifs is 1. The molecule has 0 aliphatic carbocycles. The van der Waals surface area contributed by atoms with Crippen molar-refractivity contribution in [2.45, 2.75) is 13.5 Å². The van der Waals surface area contributed by atoms with E-state index in [2.05, 4.69) is 10.3 Å². The maximum atomic E-state index is 12.1. The molecule has 0 aliphatic heterocycles. The maximum absolute atomic E-state index is 12.1. The van der Waals surface area contributed by atoms with E-state index in [0.29, 0.717) is 17.1 Å². The van der Waals surface area contributed by atoms with Crippen molar-refractivity contribution in [2.24, 2.45) is 0 Å². The third-order valence-electron chi connectivity index (χ3n) is 3.20. The van der Waals surface area contributed by atoms with Gasteiger partial charge in [-0.3, -0.25) is 4.79 Å². The molecule has 0 saturated heterocycles. The van der Waals surface area contributed by atoms with Crippen molar-refractivity contribution in [3.05, 3.63) is 70.6 Å². The predicted octanol–water partition coefficient (Wildman–Crippen LogP) is 3.23. The van der Waals surface area contributed by atoms with Crippen LogP contribution in [0, 0.1) is 6.92 Å². The molecule has 3 rings (SSSR count). The van der Waals surface area contributed by atoms with E-state index in [1.54, 1.807) is 24.3 Å². The quantitative estimate of drug-likeness (QED) is 0.807. The zero-order valence-electron chi connectivity index (χ0n) is 11.5. The minimum absolute atomic E-state index is 0.200. The highest BCUT2D eigenvalue weighted by molar-refractivity contribution is 6.33. The Bertz CT molecular complexity index is 810. The lowest BCUT2D eigenvalue weighted by atomic mass is 10.2. The van der Waals surface area contributed by atoms with E-state index in [4.69, 9.17) is 11.6 Å². The average molecular weight is 300 g/mol. The summed E-state index contributed by atoms with van der Waals surface area (Å²) in [6, 6.07) is 10.9. The van der Waals surface area contributed by atoms with Crippen molar-refractivity contribution >= 4 is 23.2 Å². The number of amides is 1. The molecule has 0 bridgehead atoms. The fraction of sp³-hybridized carbons (Fsp3) is 0.125. The summed E-state index contributed by atoms with van der Waals surface area (Å²) >= 11 is 6.00. The second kappa shape index (κ2) is 5.58. The molecule has 0 saturated carbocycles. The monoisotopic (exact) mass is 299 g/mol. The second-order valence-corrected chi connectivity index (χ2v) is 5.27. The van der Waals surface area contributed by atoms with Crippen molar-refractivity contribution < 1.29 is 4.79 Å². The van der Waals surface area contributed by atoms with Gasteiger partial charge in [-0.25, -0.2) is 4.98 Å². The van der Waals surface area contributed by atoms with Crippen LogP contribution in [-0.2, 0) is 6.54 Å². The average Bonchev–Trinajstić information content (AvgIpc) is 2.87. The third-order valence-corrected chi connectivity index (χ3v) is 3.53. The fourth-order valence-electron chi connectivity index (χ4n) is 2.15. The first kappa shape index (κ1) is 13.6. The van der Waals surface area contributed by atoms with Gasteiger partial charge in [0.1, 0.15) is 5.65 Å². The van der Waals surface area contributed by atoms with Crippen molar-refractivity contribution in [1.82, 2.24) is 14.7 Å².